The van der Waals surface area contributed by atoms with Gasteiger partial charge in [-0.2, -0.15) is 17.0 Å². The van der Waals surface area contributed by atoms with Gasteiger partial charge in [-0.3, -0.25) is 4.90 Å². The summed E-state index contributed by atoms with van der Waals surface area (Å²) >= 11 is 0. The van der Waals surface area contributed by atoms with E-state index in [0.717, 1.165) is 6.07 Å². The molecule has 0 unspecified atom stereocenters. The number of piperidine rings is 2. The molecule has 0 aliphatic carbocycles. The Kier molecular flexibility index (Phi) is 5.38. The number of hydrogen-bond acceptors (Lipinski definition) is 4. The zero-order valence-electron chi connectivity index (χ0n) is 15.0. The highest BCUT2D eigenvalue weighted by molar-refractivity contribution is 7.86. The molecule has 0 radical (unpaired) electrons. The molecule has 0 spiro atoms. The molecule has 2 saturated heterocycles. The van der Waals surface area contributed by atoms with Gasteiger partial charge in [0.2, 0.25) is 0 Å². The molecule has 0 amide bonds. The molecular formula is C17H25F2N3O3S. The number of nitrogens with zero attached hydrogens (tertiary/aromatic N) is 3. The molecule has 3 rings (SSSR count). The van der Waals surface area contributed by atoms with E-state index in [9.17, 15) is 22.3 Å². The summed E-state index contributed by atoms with van der Waals surface area (Å²) in [6.45, 7) is 1.98. The SMILES string of the molecule is CN(C)S(=O)(=O)N1CC[C@@]2(O)CCN(Cc3cc(F)cc(F)c3)C[C@H]2C1. The highest BCUT2D eigenvalue weighted by atomic mass is 32.2. The van der Waals surface area contributed by atoms with Gasteiger partial charge in [-0.15, -0.1) is 0 Å². The van der Waals surface area contributed by atoms with Crippen molar-refractivity contribution in [1.82, 2.24) is 13.5 Å². The number of likely N-dealkylation sites (tertiary alicyclic amines) is 1. The van der Waals surface area contributed by atoms with Gasteiger partial charge >= 0.3 is 0 Å². The predicted octanol–water partition coefficient (Wildman–Crippen LogP) is 1.03. The molecule has 26 heavy (non-hydrogen) atoms. The summed E-state index contributed by atoms with van der Waals surface area (Å²) in [5.41, 5.74) is -0.358. The maximum absolute atomic E-state index is 13.4. The number of aliphatic hydroxyl groups is 1. The minimum atomic E-state index is -3.53. The molecule has 1 aromatic rings. The van der Waals surface area contributed by atoms with E-state index < -0.39 is 27.4 Å². The van der Waals surface area contributed by atoms with Gasteiger partial charge in [0.25, 0.3) is 10.2 Å². The van der Waals surface area contributed by atoms with Crippen LogP contribution in [-0.4, -0.2) is 72.9 Å². The highest BCUT2D eigenvalue weighted by Gasteiger charge is 2.47. The molecule has 2 fully saturated rings. The molecular weight excluding hydrogens is 364 g/mol. The van der Waals surface area contributed by atoms with Crippen LogP contribution < -0.4 is 0 Å². The monoisotopic (exact) mass is 389 g/mol. The summed E-state index contributed by atoms with van der Waals surface area (Å²) in [6, 6.07) is 3.44. The Labute approximate surface area is 153 Å². The van der Waals surface area contributed by atoms with Gasteiger partial charge in [0, 0.05) is 58.8 Å². The van der Waals surface area contributed by atoms with Crippen LogP contribution in [0.5, 0.6) is 0 Å². The molecule has 9 heteroatoms. The summed E-state index contributed by atoms with van der Waals surface area (Å²) in [6.07, 6.45) is 0.915. The highest BCUT2D eigenvalue weighted by Crippen LogP contribution is 2.37. The van der Waals surface area contributed by atoms with Crippen LogP contribution in [0.25, 0.3) is 0 Å². The van der Waals surface area contributed by atoms with Crippen molar-refractivity contribution in [3.8, 4) is 0 Å². The Morgan fingerprint density at radius 3 is 2.38 bits per heavy atom. The van der Waals surface area contributed by atoms with Crippen molar-refractivity contribution < 1.29 is 22.3 Å². The fourth-order valence-electron chi connectivity index (χ4n) is 3.89. The molecule has 6 nitrogen and oxygen atoms in total. The molecule has 0 bridgehead atoms. The molecule has 146 valence electrons. The van der Waals surface area contributed by atoms with Crippen molar-refractivity contribution >= 4 is 10.2 Å². The lowest BCUT2D eigenvalue weighted by Gasteiger charge is -2.50. The largest absolute Gasteiger partial charge is 0.389 e. The lowest BCUT2D eigenvalue weighted by Crippen LogP contribution is -2.61. The second-order valence-corrected chi connectivity index (χ2v) is 9.60. The van der Waals surface area contributed by atoms with E-state index >= 15 is 0 Å². The Morgan fingerprint density at radius 2 is 1.77 bits per heavy atom. The summed E-state index contributed by atoms with van der Waals surface area (Å²) in [4.78, 5) is 2.01. The van der Waals surface area contributed by atoms with Crippen molar-refractivity contribution in [2.45, 2.75) is 25.0 Å². The van der Waals surface area contributed by atoms with E-state index in [4.69, 9.17) is 0 Å². The Balaban J connectivity index is 1.72. The molecule has 1 N–H and O–H groups in total. The molecule has 2 heterocycles. The molecule has 1 aromatic carbocycles. The van der Waals surface area contributed by atoms with Crippen molar-refractivity contribution in [2.75, 3.05) is 40.3 Å². The smallest absolute Gasteiger partial charge is 0.281 e. The van der Waals surface area contributed by atoms with Gasteiger partial charge < -0.3 is 5.11 Å². The number of hydrogen-bond donors (Lipinski definition) is 1. The second-order valence-electron chi connectivity index (χ2n) is 7.46. The minimum absolute atomic E-state index is 0.238. The molecule has 2 aliphatic heterocycles. The Hall–Kier alpha value is -1.13. The van der Waals surface area contributed by atoms with Crippen LogP contribution in [0.2, 0.25) is 0 Å². The van der Waals surface area contributed by atoms with Gasteiger partial charge in [-0.05, 0) is 30.5 Å². The predicted molar refractivity (Wildman–Crippen MR) is 93.5 cm³/mol. The van der Waals surface area contributed by atoms with E-state index in [1.54, 1.807) is 0 Å². The maximum Gasteiger partial charge on any atom is 0.281 e. The first-order valence-electron chi connectivity index (χ1n) is 8.67. The van der Waals surface area contributed by atoms with Gasteiger partial charge in [0.15, 0.2) is 0 Å². The van der Waals surface area contributed by atoms with Crippen molar-refractivity contribution in [1.29, 1.82) is 0 Å². The molecule has 0 saturated carbocycles. The lowest BCUT2D eigenvalue weighted by molar-refractivity contribution is -0.103. The first-order valence-corrected chi connectivity index (χ1v) is 10.1. The van der Waals surface area contributed by atoms with E-state index in [1.807, 2.05) is 4.90 Å². The Bertz CT molecular complexity index is 754. The third-order valence-electron chi connectivity index (χ3n) is 5.43. The van der Waals surface area contributed by atoms with Gasteiger partial charge in [0.05, 0.1) is 5.60 Å². The Morgan fingerprint density at radius 1 is 1.15 bits per heavy atom. The summed E-state index contributed by atoms with van der Waals surface area (Å²) in [5.74, 6) is -1.47. The standard InChI is InChI=1S/C17H25F2N3O3S/c1-20(2)26(24,25)22-6-4-17(23)3-5-21(11-14(17)12-22)10-13-7-15(18)9-16(19)8-13/h7-9,14,23H,3-6,10-12H2,1-2H3/t14-,17-/m0/s1. The zero-order valence-corrected chi connectivity index (χ0v) is 15.8. The van der Waals surface area contributed by atoms with Crippen LogP contribution in [0.4, 0.5) is 8.78 Å². The quantitative estimate of drug-likeness (QED) is 0.836. The van der Waals surface area contributed by atoms with E-state index in [2.05, 4.69) is 0 Å². The fraction of sp³-hybridized carbons (Fsp3) is 0.647. The number of rotatable bonds is 4. The normalized spacial score (nSPS) is 28.3. The average molecular weight is 389 g/mol. The first kappa shape index (κ1) is 19.6. The van der Waals surface area contributed by atoms with Gasteiger partial charge in [0.1, 0.15) is 11.6 Å². The summed E-state index contributed by atoms with van der Waals surface area (Å²) in [7, 11) is -0.551. The van der Waals surface area contributed by atoms with Crippen LogP contribution >= 0.6 is 0 Å². The third-order valence-corrected chi connectivity index (χ3v) is 7.34. The van der Waals surface area contributed by atoms with E-state index in [1.165, 1.54) is 34.8 Å². The third kappa shape index (κ3) is 3.91. The van der Waals surface area contributed by atoms with Crippen molar-refractivity contribution in [3.63, 3.8) is 0 Å². The minimum Gasteiger partial charge on any atom is -0.389 e. The van der Waals surface area contributed by atoms with Crippen LogP contribution in [0, 0.1) is 17.6 Å². The number of benzene rings is 1. The lowest BCUT2D eigenvalue weighted by atomic mass is 9.76. The van der Waals surface area contributed by atoms with Crippen LogP contribution in [0.3, 0.4) is 0 Å². The number of fused-ring (bicyclic) bond motifs is 1. The summed E-state index contributed by atoms with van der Waals surface area (Å²) < 4.78 is 54.1. The van der Waals surface area contributed by atoms with Crippen molar-refractivity contribution in [2.24, 2.45) is 5.92 Å². The summed E-state index contributed by atoms with van der Waals surface area (Å²) in [5, 5.41) is 10.9. The first-order chi connectivity index (χ1) is 12.1. The van der Waals surface area contributed by atoms with Crippen LogP contribution in [0.1, 0.15) is 18.4 Å². The van der Waals surface area contributed by atoms with Crippen LogP contribution in [0.15, 0.2) is 18.2 Å². The molecule has 2 atom stereocenters. The van der Waals surface area contributed by atoms with E-state index in [0.29, 0.717) is 44.6 Å². The van der Waals surface area contributed by atoms with Crippen LogP contribution in [-0.2, 0) is 16.8 Å². The van der Waals surface area contributed by atoms with Crippen molar-refractivity contribution in [3.05, 3.63) is 35.4 Å². The van der Waals surface area contributed by atoms with Gasteiger partial charge in [-0.1, -0.05) is 0 Å². The topological polar surface area (TPSA) is 64.1 Å². The van der Waals surface area contributed by atoms with E-state index in [-0.39, 0.29) is 12.5 Å². The molecule has 0 aromatic heterocycles. The second kappa shape index (κ2) is 7.12. The molecule has 2 aliphatic rings. The number of halogens is 2. The average Bonchev–Trinajstić information content (AvgIpc) is 2.53. The maximum atomic E-state index is 13.4. The van der Waals surface area contributed by atoms with Gasteiger partial charge in [-0.25, -0.2) is 8.78 Å². The zero-order chi connectivity index (χ0) is 19.1. The fourth-order valence-corrected chi connectivity index (χ4v) is 5.04.